The number of hydrogen-bond acceptors (Lipinski definition) is 3. The average Bonchev–Trinajstić information content (AvgIpc) is 3.87. The Labute approximate surface area is 330 Å². The van der Waals surface area contributed by atoms with Crippen LogP contribution in [-0.2, 0) is 0 Å². The summed E-state index contributed by atoms with van der Waals surface area (Å²) in [6.07, 6.45) is 0. The molecule has 0 spiro atoms. The quantitative estimate of drug-likeness (QED) is 0.164. The van der Waals surface area contributed by atoms with E-state index >= 15 is 0 Å². The van der Waals surface area contributed by atoms with Gasteiger partial charge in [-0.3, -0.25) is 0 Å². The molecule has 2 heterocycles. The van der Waals surface area contributed by atoms with Gasteiger partial charge in [0.2, 0.25) is 0 Å². The van der Waals surface area contributed by atoms with Crippen LogP contribution in [0.3, 0.4) is 0 Å². The second kappa shape index (κ2) is 13.6. The van der Waals surface area contributed by atoms with E-state index < -0.39 is 0 Å². The Morgan fingerprint density at radius 2 is 0.754 bits per heavy atom. The number of hydrogen-bond donors (Lipinski definition) is 0. The molecule has 0 saturated heterocycles. The Bertz CT molecular complexity index is 3230. The van der Waals surface area contributed by atoms with Crippen LogP contribution in [0.15, 0.2) is 221 Å². The molecule has 11 aromatic rings. The van der Waals surface area contributed by atoms with Gasteiger partial charge in [0.05, 0.1) is 5.69 Å². The van der Waals surface area contributed by atoms with Crippen molar-refractivity contribution < 1.29 is 8.83 Å². The lowest BCUT2D eigenvalue weighted by Crippen LogP contribution is -2.11. The molecule has 3 heteroatoms. The lowest BCUT2D eigenvalue weighted by molar-refractivity contribution is 0.669. The fraction of sp³-hybridized carbons (Fsp3) is 0. The second-order valence-corrected chi connectivity index (χ2v) is 14.4. The van der Waals surface area contributed by atoms with Gasteiger partial charge in [0.25, 0.3) is 0 Å². The summed E-state index contributed by atoms with van der Waals surface area (Å²) in [6, 6.07) is 75.1. The Morgan fingerprint density at radius 3 is 1.40 bits per heavy atom. The zero-order valence-corrected chi connectivity index (χ0v) is 31.0. The summed E-state index contributed by atoms with van der Waals surface area (Å²) in [5.74, 6) is 0. The van der Waals surface area contributed by atoms with E-state index in [-0.39, 0.29) is 0 Å². The van der Waals surface area contributed by atoms with Gasteiger partial charge >= 0.3 is 0 Å². The van der Waals surface area contributed by atoms with Crippen LogP contribution in [0.5, 0.6) is 0 Å². The van der Waals surface area contributed by atoms with Crippen LogP contribution in [0.25, 0.3) is 88.4 Å². The highest BCUT2D eigenvalue weighted by molar-refractivity contribution is 6.12. The maximum absolute atomic E-state index is 6.62. The first-order valence-corrected chi connectivity index (χ1v) is 19.3. The van der Waals surface area contributed by atoms with Crippen LogP contribution in [0.4, 0.5) is 17.1 Å². The van der Waals surface area contributed by atoms with E-state index in [9.17, 15) is 0 Å². The molecule has 268 valence electrons. The predicted octanol–water partition coefficient (Wildman–Crippen LogP) is 15.6. The second-order valence-electron chi connectivity index (χ2n) is 14.4. The van der Waals surface area contributed by atoms with Crippen molar-refractivity contribution in [1.29, 1.82) is 0 Å². The largest absolute Gasteiger partial charge is 0.455 e. The Hall–Kier alpha value is -7.62. The Morgan fingerprint density at radius 1 is 0.281 bits per heavy atom. The molecule has 9 aromatic carbocycles. The highest BCUT2D eigenvalue weighted by Gasteiger charge is 2.23. The maximum atomic E-state index is 6.62. The van der Waals surface area contributed by atoms with Gasteiger partial charge in [0.15, 0.2) is 0 Å². The Kier molecular flexibility index (Phi) is 7.82. The topological polar surface area (TPSA) is 29.5 Å². The summed E-state index contributed by atoms with van der Waals surface area (Å²) in [5, 5.41) is 4.45. The monoisotopic (exact) mass is 729 g/mol. The number of furan rings is 2. The molecule has 0 aliphatic rings. The molecule has 57 heavy (non-hydrogen) atoms. The third-order valence-electron chi connectivity index (χ3n) is 11.1. The summed E-state index contributed by atoms with van der Waals surface area (Å²) in [4.78, 5) is 2.38. The molecule has 0 unspecified atom stereocenters. The van der Waals surface area contributed by atoms with E-state index in [4.69, 9.17) is 8.83 Å². The molecular formula is C54H35NO2. The van der Waals surface area contributed by atoms with Gasteiger partial charge < -0.3 is 13.7 Å². The zero-order valence-electron chi connectivity index (χ0n) is 31.0. The summed E-state index contributed by atoms with van der Waals surface area (Å²) in [6.45, 7) is 0. The van der Waals surface area contributed by atoms with Gasteiger partial charge in [0.1, 0.15) is 22.3 Å². The molecule has 11 rings (SSSR count). The summed E-state index contributed by atoms with van der Waals surface area (Å²) in [5.41, 5.74) is 15.5. The van der Waals surface area contributed by atoms with Gasteiger partial charge in [-0.05, 0) is 70.3 Å². The summed E-state index contributed by atoms with van der Waals surface area (Å²) < 4.78 is 13.2. The number of para-hydroxylation sites is 5. The van der Waals surface area contributed by atoms with Crippen molar-refractivity contribution in [2.45, 2.75) is 0 Å². The highest BCUT2D eigenvalue weighted by Crippen LogP contribution is 2.47. The van der Waals surface area contributed by atoms with E-state index in [1.165, 1.54) is 11.1 Å². The molecule has 3 nitrogen and oxygen atoms in total. The molecule has 0 atom stereocenters. The predicted molar refractivity (Wildman–Crippen MR) is 237 cm³/mol. The van der Waals surface area contributed by atoms with Gasteiger partial charge in [-0.15, -0.1) is 0 Å². The van der Waals surface area contributed by atoms with Crippen molar-refractivity contribution in [3.63, 3.8) is 0 Å². The smallest absolute Gasteiger partial charge is 0.143 e. The zero-order chi connectivity index (χ0) is 37.7. The molecule has 0 amide bonds. The van der Waals surface area contributed by atoms with Crippen molar-refractivity contribution in [2.75, 3.05) is 4.90 Å². The molecule has 0 radical (unpaired) electrons. The van der Waals surface area contributed by atoms with Crippen molar-refractivity contribution in [3.05, 3.63) is 212 Å². The summed E-state index contributed by atoms with van der Waals surface area (Å²) >= 11 is 0. The molecule has 0 saturated carbocycles. The lowest BCUT2D eigenvalue weighted by atomic mass is 9.92. The van der Waals surface area contributed by atoms with E-state index in [0.717, 1.165) is 94.3 Å². The fourth-order valence-corrected chi connectivity index (χ4v) is 8.44. The van der Waals surface area contributed by atoms with Gasteiger partial charge in [-0.2, -0.15) is 0 Å². The van der Waals surface area contributed by atoms with Gasteiger partial charge in [-0.1, -0.05) is 170 Å². The van der Waals surface area contributed by atoms with Crippen molar-refractivity contribution in [1.82, 2.24) is 0 Å². The lowest BCUT2D eigenvalue weighted by Gasteiger charge is -2.29. The van der Waals surface area contributed by atoms with Crippen LogP contribution >= 0.6 is 0 Å². The molecule has 0 aliphatic heterocycles. The minimum absolute atomic E-state index is 0.879. The van der Waals surface area contributed by atoms with E-state index in [0.29, 0.717) is 0 Å². The number of fused-ring (bicyclic) bond motifs is 6. The first-order chi connectivity index (χ1) is 28.3. The third kappa shape index (κ3) is 5.60. The van der Waals surface area contributed by atoms with E-state index in [1.807, 2.05) is 24.3 Å². The molecule has 0 aliphatic carbocycles. The average molecular weight is 730 g/mol. The molecular weight excluding hydrogens is 695 g/mol. The number of nitrogens with zero attached hydrogens (tertiary/aromatic N) is 1. The van der Waals surface area contributed by atoms with E-state index in [2.05, 4.69) is 193 Å². The van der Waals surface area contributed by atoms with Crippen LogP contribution in [0.2, 0.25) is 0 Å². The van der Waals surface area contributed by atoms with Crippen molar-refractivity contribution in [2.24, 2.45) is 0 Å². The van der Waals surface area contributed by atoms with Gasteiger partial charge in [-0.25, -0.2) is 0 Å². The SMILES string of the molecule is c1ccc(-c2ccc(N(c3ccc(-c4cccc5c4oc4ccccc45)c(-c4ccccc4)c3)c3ccccc3-c3cccc4c3oc3ccccc34)cc2)cc1. The van der Waals surface area contributed by atoms with Crippen LogP contribution in [0, 0.1) is 0 Å². The van der Waals surface area contributed by atoms with Crippen molar-refractivity contribution >= 4 is 60.9 Å². The minimum Gasteiger partial charge on any atom is -0.455 e. The van der Waals surface area contributed by atoms with Crippen LogP contribution < -0.4 is 4.90 Å². The maximum Gasteiger partial charge on any atom is 0.143 e. The molecule has 0 bridgehead atoms. The number of benzene rings is 9. The fourth-order valence-electron chi connectivity index (χ4n) is 8.44. The first-order valence-electron chi connectivity index (χ1n) is 19.3. The van der Waals surface area contributed by atoms with Gasteiger partial charge in [0, 0.05) is 49.6 Å². The van der Waals surface area contributed by atoms with Crippen molar-refractivity contribution in [3.8, 4) is 44.5 Å². The minimum atomic E-state index is 0.879. The molecule has 0 fully saturated rings. The van der Waals surface area contributed by atoms with Crippen LogP contribution in [0.1, 0.15) is 0 Å². The van der Waals surface area contributed by atoms with Crippen LogP contribution in [-0.4, -0.2) is 0 Å². The molecule has 2 aromatic heterocycles. The number of anilines is 3. The van der Waals surface area contributed by atoms with E-state index in [1.54, 1.807) is 0 Å². The standard InChI is InChI=1S/C54H35NO2/c1-3-15-36(16-4-1)37-29-31-39(32-30-37)55(50-26-10-7-19-42(50)46-23-14-25-48-44-21-9-12-28-52(44)57-54(46)48)40-33-34-41(49(35-40)38-17-5-2-6-18-38)45-22-13-24-47-43-20-8-11-27-51(43)56-53(45)47/h1-35H. The molecule has 0 N–H and O–H groups in total. The first kappa shape index (κ1) is 32.8. The normalized spacial score (nSPS) is 11.5. The third-order valence-corrected chi connectivity index (χ3v) is 11.1. The highest BCUT2D eigenvalue weighted by atomic mass is 16.3. The Balaban J connectivity index is 1.15. The number of rotatable bonds is 7. The summed E-state index contributed by atoms with van der Waals surface area (Å²) in [7, 11) is 0.